The molecule has 0 aliphatic carbocycles. The highest BCUT2D eigenvalue weighted by Gasteiger charge is 2.12. The molecule has 0 aliphatic heterocycles. The summed E-state index contributed by atoms with van der Waals surface area (Å²) in [7, 11) is 0. The molecule has 24 heavy (non-hydrogen) atoms. The van der Waals surface area contributed by atoms with Crippen molar-refractivity contribution < 1.29 is 14.1 Å². The molecule has 0 aliphatic rings. The van der Waals surface area contributed by atoms with Crippen molar-refractivity contribution in [3.05, 3.63) is 78.1 Å². The summed E-state index contributed by atoms with van der Waals surface area (Å²) in [6.45, 7) is 0.0707. The van der Waals surface area contributed by atoms with Crippen molar-refractivity contribution in [1.29, 1.82) is 0 Å². The number of ether oxygens (including phenoxy) is 1. The number of fused-ring (bicyclic) bond motifs is 1. The molecular weight excluding hydrogens is 402 g/mol. The van der Waals surface area contributed by atoms with Gasteiger partial charge in [0.2, 0.25) is 0 Å². The van der Waals surface area contributed by atoms with Crippen LogP contribution in [0.5, 0.6) is 5.75 Å². The highest BCUT2D eigenvalue weighted by molar-refractivity contribution is 9.10. The second kappa shape index (κ2) is 6.62. The minimum Gasteiger partial charge on any atom is -0.487 e. The van der Waals surface area contributed by atoms with E-state index in [1.807, 2.05) is 6.07 Å². The lowest BCUT2D eigenvalue weighted by Gasteiger charge is -2.09. The van der Waals surface area contributed by atoms with Gasteiger partial charge in [-0.2, -0.15) is 0 Å². The Balaban J connectivity index is 1.91. The Labute approximate surface area is 148 Å². The summed E-state index contributed by atoms with van der Waals surface area (Å²) in [5.74, 6) is 0.292. The summed E-state index contributed by atoms with van der Waals surface area (Å²) >= 11 is 9.31. The summed E-state index contributed by atoms with van der Waals surface area (Å²) in [5, 5.41) is 11.6. The van der Waals surface area contributed by atoms with Crippen molar-refractivity contribution in [2.75, 3.05) is 0 Å². The van der Waals surface area contributed by atoms with Gasteiger partial charge < -0.3 is 9.15 Å². The molecule has 6 nitrogen and oxygen atoms in total. The van der Waals surface area contributed by atoms with E-state index in [0.29, 0.717) is 16.9 Å². The Kier molecular flexibility index (Phi) is 4.55. The lowest BCUT2D eigenvalue weighted by atomic mass is 10.1. The van der Waals surface area contributed by atoms with E-state index in [2.05, 4.69) is 15.9 Å². The molecular formula is C16H9BrClNO5. The molecule has 8 heteroatoms. The van der Waals surface area contributed by atoms with E-state index in [1.165, 1.54) is 24.3 Å². The molecule has 0 saturated heterocycles. The zero-order chi connectivity index (χ0) is 17.3. The van der Waals surface area contributed by atoms with Crippen molar-refractivity contribution in [2.45, 2.75) is 6.61 Å². The highest BCUT2D eigenvalue weighted by atomic mass is 79.9. The SMILES string of the molecule is O=c1cc(COc2ccc([N+](=O)[O-])cc2Cl)c2ccc(Br)cc2o1. The maximum atomic E-state index is 11.7. The lowest BCUT2D eigenvalue weighted by molar-refractivity contribution is -0.384. The van der Waals surface area contributed by atoms with E-state index in [0.717, 1.165) is 9.86 Å². The summed E-state index contributed by atoms with van der Waals surface area (Å²) in [6, 6.07) is 10.6. The van der Waals surface area contributed by atoms with E-state index in [-0.39, 0.29) is 17.3 Å². The maximum Gasteiger partial charge on any atom is 0.336 e. The number of nitrogens with zero attached hydrogens (tertiary/aromatic N) is 1. The largest absolute Gasteiger partial charge is 0.487 e. The first-order valence-electron chi connectivity index (χ1n) is 6.73. The van der Waals surface area contributed by atoms with Crippen LogP contribution in [0, 0.1) is 10.1 Å². The molecule has 0 saturated carbocycles. The third kappa shape index (κ3) is 3.42. The van der Waals surface area contributed by atoms with Crippen LogP contribution in [0.4, 0.5) is 5.69 Å². The molecule has 2 aromatic carbocycles. The Morgan fingerprint density at radius 1 is 1.21 bits per heavy atom. The Bertz CT molecular complexity index is 1000. The van der Waals surface area contributed by atoms with Crippen molar-refractivity contribution in [3.63, 3.8) is 0 Å². The van der Waals surface area contributed by atoms with E-state index in [4.69, 9.17) is 20.8 Å². The van der Waals surface area contributed by atoms with Crippen molar-refractivity contribution >= 4 is 44.2 Å². The molecule has 0 bridgehead atoms. The lowest BCUT2D eigenvalue weighted by Crippen LogP contribution is -2.04. The van der Waals surface area contributed by atoms with Crippen LogP contribution in [-0.4, -0.2) is 4.92 Å². The molecule has 3 rings (SSSR count). The third-order valence-corrected chi connectivity index (χ3v) is 4.09. The summed E-state index contributed by atoms with van der Waals surface area (Å²) in [6.07, 6.45) is 0. The maximum absolute atomic E-state index is 11.7. The molecule has 0 spiro atoms. The molecule has 1 heterocycles. The fraction of sp³-hybridized carbons (Fsp3) is 0.0625. The van der Waals surface area contributed by atoms with Gasteiger partial charge in [0, 0.05) is 33.6 Å². The number of benzene rings is 2. The molecule has 122 valence electrons. The molecule has 0 amide bonds. The third-order valence-electron chi connectivity index (χ3n) is 3.30. The molecule has 0 fully saturated rings. The number of rotatable bonds is 4. The topological polar surface area (TPSA) is 82.6 Å². The van der Waals surface area contributed by atoms with Gasteiger partial charge in [0.25, 0.3) is 5.69 Å². The van der Waals surface area contributed by atoms with Crippen LogP contribution in [0.25, 0.3) is 11.0 Å². The summed E-state index contributed by atoms with van der Waals surface area (Å²) in [4.78, 5) is 21.8. The first-order valence-corrected chi connectivity index (χ1v) is 7.90. The first kappa shape index (κ1) is 16.5. The number of halogens is 2. The van der Waals surface area contributed by atoms with Gasteiger partial charge in [0.1, 0.15) is 17.9 Å². The second-order valence-electron chi connectivity index (χ2n) is 4.89. The zero-order valence-electron chi connectivity index (χ0n) is 12.0. The van der Waals surface area contributed by atoms with Gasteiger partial charge in [-0.25, -0.2) is 4.79 Å². The average molecular weight is 411 g/mol. The van der Waals surface area contributed by atoms with Crippen LogP contribution in [0.15, 0.2) is 56.1 Å². The van der Waals surface area contributed by atoms with Crippen molar-refractivity contribution in [3.8, 4) is 5.75 Å². The quantitative estimate of drug-likeness (QED) is 0.354. The van der Waals surface area contributed by atoms with E-state index >= 15 is 0 Å². The van der Waals surface area contributed by atoms with E-state index in [1.54, 1.807) is 12.1 Å². The van der Waals surface area contributed by atoms with Crippen LogP contribution in [0.1, 0.15) is 5.56 Å². The molecule has 3 aromatic rings. The van der Waals surface area contributed by atoms with Gasteiger partial charge in [-0.3, -0.25) is 10.1 Å². The van der Waals surface area contributed by atoms with Gasteiger partial charge in [-0.05, 0) is 24.3 Å². The minimum atomic E-state index is -0.538. The van der Waals surface area contributed by atoms with Gasteiger partial charge >= 0.3 is 5.63 Å². The summed E-state index contributed by atoms with van der Waals surface area (Å²) < 4.78 is 11.5. The molecule has 0 N–H and O–H groups in total. The second-order valence-corrected chi connectivity index (χ2v) is 6.21. The first-order chi connectivity index (χ1) is 11.4. The monoisotopic (exact) mass is 409 g/mol. The van der Waals surface area contributed by atoms with E-state index in [9.17, 15) is 14.9 Å². The van der Waals surface area contributed by atoms with Crippen LogP contribution in [-0.2, 0) is 6.61 Å². The fourth-order valence-electron chi connectivity index (χ4n) is 2.20. The van der Waals surface area contributed by atoms with Gasteiger partial charge in [-0.1, -0.05) is 27.5 Å². The molecule has 0 unspecified atom stereocenters. The molecule has 1 aromatic heterocycles. The van der Waals surface area contributed by atoms with Crippen LogP contribution in [0.2, 0.25) is 5.02 Å². The Morgan fingerprint density at radius 3 is 2.71 bits per heavy atom. The van der Waals surface area contributed by atoms with Crippen LogP contribution in [0.3, 0.4) is 0 Å². The average Bonchev–Trinajstić information content (AvgIpc) is 2.52. The zero-order valence-corrected chi connectivity index (χ0v) is 14.3. The standard InChI is InChI=1S/C16H9BrClNO5/c17-10-1-3-12-9(5-16(20)24-15(12)6-10)8-23-14-4-2-11(19(21)22)7-13(14)18/h1-7H,8H2. The van der Waals surface area contributed by atoms with E-state index < -0.39 is 10.5 Å². The molecule has 0 atom stereocenters. The normalized spacial score (nSPS) is 10.8. The Hall–Kier alpha value is -2.38. The van der Waals surface area contributed by atoms with Crippen molar-refractivity contribution in [2.24, 2.45) is 0 Å². The highest BCUT2D eigenvalue weighted by Crippen LogP contribution is 2.30. The fourth-order valence-corrected chi connectivity index (χ4v) is 2.77. The Morgan fingerprint density at radius 2 is 2.00 bits per heavy atom. The van der Waals surface area contributed by atoms with Crippen LogP contribution >= 0.6 is 27.5 Å². The predicted molar refractivity (Wildman–Crippen MR) is 92.6 cm³/mol. The predicted octanol–water partition coefficient (Wildman–Crippen LogP) is 4.70. The smallest absolute Gasteiger partial charge is 0.336 e. The van der Waals surface area contributed by atoms with Crippen LogP contribution < -0.4 is 10.4 Å². The number of hydrogen-bond donors (Lipinski definition) is 0. The van der Waals surface area contributed by atoms with Crippen molar-refractivity contribution in [1.82, 2.24) is 0 Å². The summed E-state index contributed by atoms with van der Waals surface area (Å²) in [5.41, 5.74) is 0.449. The minimum absolute atomic E-state index is 0.0707. The van der Waals surface area contributed by atoms with Gasteiger partial charge in [0.15, 0.2) is 0 Å². The van der Waals surface area contributed by atoms with Gasteiger partial charge in [-0.15, -0.1) is 0 Å². The number of hydrogen-bond acceptors (Lipinski definition) is 5. The number of non-ortho nitro benzene ring substituents is 1. The number of nitro groups is 1. The number of nitro benzene ring substituents is 1. The molecule has 0 radical (unpaired) electrons. The van der Waals surface area contributed by atoms with Gasteiger partial charge in [0.05, 0.1) is 9.95 Å².